The van der Waals surface area contributed by atoms with E-state index < -0.39 is 0 Å². The highest BCUT2D eigenvalue weighted by atomic mass is 14.5. The number of benzene rings is 1. The number of hydrogen-bond donors (Lipinski definition) is 0. The largest absolute Gasteiger partial charge is 0.0590 e. The summed E-state index contributed by atoms with van der Waals surface area (Å²) in [4.78, 5) is 0. The second-order valence-electron chi connectivity index (χ2n) is 6.34. The Labute approximate surface area is 93.7 Å². The molecule has 1 fully saturated rings. The minimum absolute atomic E-state index is 0.265. The van der Waals surface area contributed by atoms with Crippen LogP contribution in [0.5, 0.6) is 0 Å². The molecule has 0 spiro atoms. The van der Waals surface area contributed by atoms with Gasteiger partial charge in [-0.05, 0) is 34.3 Å². The molecule has 1 atom stereocenters. The van der Waals surface area contributed by atoms with Gasteiger partial charge in [0.15, 0.2) is 0 Å². The first-order chi connectivity index (χ1) is 6.81. The Hall–Kier alpha value is -0.780. The quantitative estimate of drug-likeness (QED) is 0.635. The van der Waals surface area contributed by atoms with Gasteiger partial charge >= 0.3 is 0 Å². The van der Waals surface area contributed by atoms with E-state index in [-0.39, 0.29) is 5.41 Å². The first-order valence-corrected chi connectivity index (χ1v) is 5.77. The van der Waals surface area contributed by atoms with E-state index in [1.807, 2.05) is 0 Å². The molecule has 0 saturated heterocycles. The molecule has 1 aliphatic rings. The molecule has 0 heterocycles. The van der Waals surface area contributed by atoms with Gasteiger partial charge in [0.2, 0.25) is 0 Å². The molecule has 0 aliphatic heterocycles. The Balaban J connectivity index is 2.19. The maximum absolute atomic E-state index is 2.42. The van der Waals surface area contributed by atoms with Crippen LogP contribution in [0.15, 0.2) is 24.3 Å². The second-order valence-corrected chi connectivity index (χ2v) is 6.34. The fraction of sp³-hybridized carbons (Fsp3) is 0.533. The Morgan fingerprint density at radius 1 is 1.00 bits per heavy atom. The fourth-order valence-corrected chi connectivity index (χ4v) is 2.10. The van der Waals surface area contributed by atoms with Crippen LogP contribution < -0.4 is 0 Å². The van der Waals surface area contributed by atoms with E-state index in [9.17, 15) is 0 Å². The predicted octanol–water partition coefficient (Wildman–Crippen LogP) is 4.31. The maximum Gasteiger partial charge on any atom is -0.00709 e. The number of rotatable bonds is 1. The lowest BCUT2D eigenvalue weighted by Gasteiger charge is -2.19. The Bertz CT molecular complexity index is 349. The first kappa shape index (κ1) is 10.7. The topological polar surface area (TPSA) is 0 Å². The molecule has 1 unspecified atom stereocenters. The van der Waals surface area contributed by atoms with Gasteiger partial charge in [0.05, 0.1) is 0 Å². The lowest BCUT2D eigenvalue weighted by atomic mass is 9.86. The molecule has 1 saturated carbocycles. The van der Waals surface area contributed by atoms with Crippen LogP contribution in [-0.2, 0) is 5.41 Å². The normalized spacial score (nSPS) is 23.9. The van der Waals surface area contributed by atoms with Crippen LogP contribution in [0.25, 0.3) is 0 Å². The maximum atomic E-state index is 2.42. The van der Waals surface area contributed by atoms with Crippen LogP contribution in [0.4, 0.5) is 0 Å². The predicted molar refractivity (Wildman–Crippen MR) is 66.0 cm³/mol. The Morgan fingerprint density at radius 2 is 1.47 bits per heavy atom. The summed E-state index contributed by atoms with van der Waals surface area (Å²) in [6.07, 6.45) is 2.42. The van der Waals surface area contributed by atoms with Gasteiger partial charge in [-0.3, -0.25) is 0 Å². The van der Waals surface area contributed by atoms with Crippen LogP contribution in [0.1, 0.15) is 51.7 Å². The summed E-state index contributed by atoms with van der Waals surface area (Å²) < 4.78 is 0. The van der Waals surface area contributed by atoms with Crippen molar-refractivity contribution in [3.63, 3.8) is 0 Å². The highest BCUT2D eigenvalue weighted by Gasteiger charge is 2.46. The molecule has 0 aromatic heterocycles. The van der Waals surface area contributed by atoms with E-state index in [1.54, 1.807) is 0 Å². The average Bonchev–Trinajstić information content (AvgIpc) is 2.74. The van der Waals surface area contributed by atoms with Crippen molar-refractivity contribution in [2.75, 3.05) is 0 Å². The molecule has 0 bridgehead atoms. The van der Waals surface area contributed by atoms with Gasteiger partial charge in [0.1, 0.15) is 0 Å². The monoisotopic (exact) mass is 201 g/mol. The third-order valence-corrected chi connectivity index (χ3v) is 3.42. The minimum atomic E-state index is 0.265. The van der Waals surface area contributed by atoms with Crippen molar-refractivity contribution in [3.8, 4) is 0 Å². The van der Waals surface area contributed by atoms with Crippen LogP contribution >= 0.6 is 0 Å². The van der Waals surface area contributed by atoms with E-state index in [1.165, 1.54) is 11.1 Å². The zero-order valence-electron chi connectivity index (χ0n) is 10.5. The summed E-state index contributed by atoms with van der Waals surface area (Å²) in [7, 11) is 0. The molecule has 0 N–H and O–H groups in total. The summed E-state index contributed by atoms with van der Waals surface area (Å²) >= 11 is 0. The fourth-order valence-electron chi connectivity index (χ4n) is 2.10. The van der Waals surface area contributed by atoms with Crippen LogP contribution in [-0.4, -0.2) is 0 Å². The number of hydrogen-bond acceptors (Lipinski definition) is 0. The molecule has 2 rings (SSSR count). The van der Waals surface area contributed by atoms with Gasteiger partial charge in [-0.25, -0.2) is 0 Å². The Kier molecular flexibility index (Phi) is 2.22. The minimum Gasteiger partial charge on any atom is -0.0590 e. The van der Waals surface area contributed by atoms with Crippen LogP contribution in [0.3, 0.4) is 0 Å². The van der Waals surface area contributed by atoms with E-state index in [2.05, 4.69) is 65.3 Å². The van der Waals surface area contributed by atoms with E-state index in [0.29, 0.717) is 11.3 Å². The zero-order chi connectivity index (χ0) is 11.3. The molecule has 1 aromatic rings. The summed E-state index contributed by atoms with van der Waals surface area (Å²) in [5.41, 5.74) is 3.57. The van der Waals surface area contributed by atoms with Crippen molar-refractivity contribution >= 4 is 0 Å². The lowest BCUT2D eigenvalue weighted by Crippen LogP contribution is -2.10. The van der Waals surface area contributed by atoms with Gasteiger partial charge in [-0.2, -0.15) is 0 Å². The van der Waals surface area contributed by atoms with E-state index >= 15 is 0 Å². The van der Waals surface area contributed by atoms with Crippen LogP contribution in [0.2, 0.25) is 0 Å². The van der Waals surface area contributed by atoms with Gasteiger partial charge < -0.3 is 0 Å². The molecular weight excluding hydrogens is 180 g/mol. The van der Waals surface area contributed by atoms with Crippen molar-refractivity contribution in [2.24, 2.45) is 5.41 Å². The van der Waals surface area contributed by atoms with Gasteiger partial charge in [-0.1, -0.05) is 58.9 Å². The van der Waals surface area contributed by atoms with Crippen molar-refractivity contribution < 1.29 is 0 Å². The highest BCUT2D eigenvalue weighted by molar-refractivity contribution is 5.39. The van der Waals surface area contributed by atoms with Crippen molar-refractivity contribution in [2.45, 2.75) is 46.0 Å². The van der Waals surface area contributed by atoms with E-state index in [0.717, 1.165) is 0 Å². The standard InChI is InChI=1S/C15H21/c1-14(2,3)12-8-6-11(7-9-12)13-10-15(13,4)5/h6-10,13H,1-5H3. The third-order valence-electron chi connectivity index (χ3n) is 3.42. The van der Waals surface area contributed by atoms with E-state index in [4.69, 9.17) is 0 Å². The molecule has 1 aromatic carbocycles. The smallest absolute Gasteiger partial charge is 0.00709 e. The summed E-state index contributed by atoms with van der Waals surface area (Å²) in [5.74, 6) is 0.673. The molecular formula is C15H21. The zero-order valence-corrected chi connectivity index (χ0v) is 10.5. The molecule has 0 nitrogen and oxygen atoms in total. The van der Waals surface area contributed by atoms with Crippen molar-refractivity contribution in [1.82, 2.24) is 0 Å². The van der Waals surface area contributed by atoms with Crippen LogP contribution in [0, 0.1) is 11.8 Å². The summed E-state index contributed by atoms with van der Waals surface area (Å²) in [6.45, 7) is 11.4. The molecule has 0 amide bonds. The first-order valence-electron chi connectivity index (χ1n) is 5.77. The van der Waals surface area contributed by atoms with Gasteiger partial charge in [-0.15, -0.1) is 0 Å². The van der Waals surface area contributed by atoms with Gasteiger partial charge in [0, 0.05) is 0 Å². The molecule has 0 heteroatoms. The SMILES string of the molecule is CC(C)(C)c1ccc(C2[CH]C2(C)C)cc1. The molecule has 15 heavy (non-hydrogen) atoms. The summed E-state index contributed by atoms with van der Waals surface area (Å²) in [5, 5.41) is 0. The van der Waals surface area contributed by atoms with Crippen molar-refractivity contribution in [3.05, 3.63) is 41.8 Å². The summed E-state index contributed by atoms with van der Waals surface area (Å²) in [6, 6.07) is 9.13. The average molecular weight is 201 g/mol. The third kappa shape index (κ3) is 2.09. The highest BCUT2D eigenvalue weighted by Crippen LogP contribution is 2.57. The van der Waals surface area contributed by atoms with Gasteiger partial charge in [0.25, 0.3) is 0 Å². The van der Waals surface area contributed by atoms with Crippen molar-refractivity contribution in [1.29, 1.82) is 0 Å². The second kappa shape index (κ2) is 3.10. The molecule has 1 aliphatic carbocycles. The lowest BCUT2D eigenvalue weighted by molar-refractivity contribution is 0.589. The Morgan fingerprint density at radius 3 is 1.80 bits per heavy atom. The molecule has 1 radical (unpaired) electrons. The molecule has 81 valence electrons.